The summed E-state index contributed by atoms with van der Waals surface area (Å²) in [6.45, 7) is 6.26. The molecule has 2 atom stereocenters. The maximum Gasteiger partial charge on any atom is 0.239 e. The van der Waals surface area contributed by atoms with E-state index >= 15 is 0 Å². The molecule has 0 aliphatic rings. The largest absolute Gasteiger partial charge is 0.341 e. The molecule has 0 heterocycles. The van der Waals surface area contributed by atoms with Gasteiger partial charge in [0.05, 0.1) is 6.04 Å². The molecule has 21 heavy (non-hydrogen) atoms. The molecule has 0 radical (unpaired) electrons. The molecular weight excluding hydrogens is 284 g/mol. The van der Waals surface area contributed by atoms with Crippen molar-refractivity contribution >= 4 is 18.3 Å². The first-order valence-corrected chi connectivity index (χ1v) is 7.57. The number of likely N-dealkylation sites (N-methyl/N-ethyl adjacent to an activating group) is 1. The number of hydrogen-bond acceptors (Lipinski definition) is 2. The first kappa shape index (κ1) is 19.9. The van der Waals surface area contributed by atoms with Crippen LogP contribution in [-0.4, -0.2) is 29.9 Å². The number of halogens is 1. The lowest BCUT2D eigenvalue weighted by Crippen LogP contribution is -2.47. The molecule has 0 aromatic heterocycles. The van der Waals surface area contributed by atoms with Gasteiger partial charge in [-0.25, -0.2) is 0 Å². The number of benzene rings is 1. The monoisotopic (exact) mass is 312 g/mol. The van der Waals surface area contributed by atoms with Crippen molar-refractivity contribution in [2.24, 2.45) is 5.73 Å². The number of carbonyl (C=O) groups is 1. The summed E-state index contributed by atoms with van der Waals surface area (Å²) in [7, 11) is 1.88. The van der Waals surface area contributed by atoms with E-state index in [1.807, 2.05) is 11.9 Å². The molecule has 0 aliphatic heterocycles. The van der Waals surface area contributed by atoms with E-state index in [1.165, 1.54) is 11.1 Å². The fourth-order valence-corrected chi connectivity index (χ4v) is 2.43. The van der Waals surface area contributed by atoms with E-state index in [2.05, 4.69) is 45.0 Å². The van der Waals surface area contributed by atoms with E-state index in [0.717, 1.165) is 25.7 Å². The second kappa shape index (κ2) is 9.80. The van der Waals surface area contributed by atoms with Crippen LogP contribution in [0.25, 0.3) is 0 Å². The highest BCUT2D eigenvalue weighted by Gasteiger charge is 2.23. The van der Waals surface area contributed by atoms with E-state index in [1.54, 1.807) is 0 Å². The van der Waals surface area contributed by atoms with Crippen molar-refractivity contribution in [3.05, 3.63) is 35.4 Å². The Morgan fingerprint density at radius 2 is 1.81 bits per heavy atom. The minimum absolute atomic E-state index is 0. The first-order valence-electron chi connectivity index (χ1n) is 7.57. The predicted octanol–water partition coefficient (Wildman–Crippen LogP) is 3.32. The zero-order valence-corrected chi connectivity index (χ0v) is 14.5. The highest BCUT2D eigenvalue weighted by molar-refractivity contribution is 5.85. The van der Waals surface area contributed by atoms with Gasteiger partial charge in [-0.2, -0.15) is 0 Å². The summed E-state index contributed by atoms with van der Waals surface area (Å²) in [5, 5.41) is 0. The van der Waals surface area contributed by atoms with Gasteiger partial charge in [-0.15, -0.1) is 12.4 Å². The molecule has 120 valence electrons. The molecule has 3 nitrogen and oxygen atoms in total. The smallest absolute Gasteiger partial charge is 0.239 e. The lowest BCUT2D eigenvalue weighted by Gasteiger charge is -2.29. The van der Waals surface area contributed by atoms with Gasteiger partial charge in [0.2, 0.25) is 5.91 Å². The van der Waals surface area contributed by atoms with Crippen molar-refractivity contribution in [2.75, 3.05) is 7.05 Å². The average molecular weight is 313 g/mol. The van der Waals surface area contributed by atoms with Gasteiger partial charge in [-0.05, 0) is 31.7 Å². The van der Waals surface area contributed by atoms with Crippen molar-refractivity contribution in [3.63, 3.8) is 0 Å². The molecule has 1 aromatic rings. The summed E-state index contributed by atoms with van der Waals surface area (Å²) in [4.78, 5) is 14.1. The lowest BCUT2D eigenvalue weighted by atomic mass is 10.0. The number of nitrogens with zero attached hydrogens (tertiary/aromatic N) is 1. The lowest BCUT2D eigenvalue weighted by molar-refractivity contribution is -0.133. The summed E-state index contributed by atoms with van der Waals surface area (Å²) >= 11 is 0. The topological polar surface area (TPSA) is 46.3 Å². The number of amides is 1. The maximum absolute atomic E-state index is 12.3. The SMILES string of the molecule is CCCC(N)C(=O)N(C)C(CC)Cc1ccc(C)cc1.Cl. The maximum atomic E-state index is 12.3. The van der Waals surface area contributed by atoms with Gasteiger partial charge < -0.3 is 10.6 Å². The van der Waals surface area contributed by atoms with Gasteiger partial charge in [0.25, 0.3) is 0 Å². The van der Waals surface area contributed by atoms with Crippen LogP contribution < -0.4 is 5.73 Å². The zero-order chi connectivity index (χ0) is 15.1. The number of nitrogens with two attached hydrogens (primary N) is 1. The fourth-order valence-electron chi connectivity index (χ4n) is 2.43. The molecule has 2 N–H and O–H groups in total. The summed E-state index contributed by atoms with van der Waals surface area (Å²) in [6, 6.07) is 8.37. The quantitative estimate of drug-likeness (QED) is 0.839. The Kier molecular flexibility index (Phi) is 9.31. The Morgan fingerprint density at radius 3 is 2.29 bits per heavy atom. The predicted molar refractivity (Wildman–Crippen MR) is 91.9 cm³/mol. The van der Waals surface area contributed by atoms with Gasteiger partial charge in [0, 0.05) is 13.1 Å². The fraction of sp³-hybridized carbons (Fsp3) is 0.588. The normalized spacial score (nSPS) is 13.2. The number of hydrogen-bond donors (Lipinski definition) is 1. The highest BCUT2D eigenvalue weighted by atomic mass is 35.5. The van der Waals surface area contributed by atoms with Crippen LogP contribution in [0.2, 0.25) is 0 Å². The Hall–Kier alpha value is -1.06. The van der Waals surface area contributed by atoms with E-state index in [0.29, 0.717) is 0 Å². The van der Waals surface area contributed by atoms with Crippen LogP contribution in [-0.2, 0) is 11.2 Å². The zero-order valence-electron chi connectivity index (χ0n) is 13.6. The van der Waals surface area contributed by atoms with E-state index in [4.69, 9.17) is 5.73 Å². The molecule has 0 saturated heterocycles. The highest BCUT2D eigenvalue weighted by Crippen LogP contribution is 2.13. The van der Waals surface area contributed by atoms with Crippen molar-refractivity contribution < 1.29 is 4.79 Å². The number of carbonyl (C=O) groups excluding carboxylic acids is 1. The molecule has 2 unspecified atom stereocenters. The van der Waals surface area contributed by atoms with Gasteiger partial charge >= 0.3 is 0 Å². The number of aryl methyl sites for hydroxylation is 1. The Bertz CT molecular complexity index is 419. The van der Waals surface area contributed by atoms with Crippen LogP contribution in [0.15, 0.2) is 24.3 Å². The van der Waals surface area contributed by atoms with Gasteiger partial charge in [-0.3, -0.25) is 4.79 Å². The van der Waals surface area contributed by atoms with E-state index in [-0.39, 0.29) is 30.4 Å². The van der Waals surface area contributed by atoms with Gasteiger partial charge in [0.15, 0.2) is 0 Å². The third-order valence-electron chi connectivity index (χ3n) is 3.88. The Morgan fingerprint density at radius 1 is 1.24 bits per heavy atom. The Labute approximate surface area is 135 Å². The molecule has 1 rings (SSSR count). The third-order valence-corrected chi connectivity index (χ3v) is 3.88. The van der Waals surface area contributed by atoms with Crippen LogP contribution in [0.1, 0.15) is 44.2 Å². The van der Waals surface area contributed by atoms with Gasteiger partial charge in [0.1, 0.15) is 0 Å². The second-order valence-corrected chi connectivity index (χ2v) is 5.60. The minimum Gasteiger partial charge on any atom is -0.341 e. The molecule has 0 spiro atoms. The molecule has 0 fully saturated rings. The summed E-state index contributed by atoms with van der Waals surface area (Å²) in [5.74, 6) is 0.0609. The third kappa shape index (κ3) is 6.06. The van der Waals surface area contributed by atoms with Crippen LogP contribution in [0.4, 0.5) is 0 Å². The standard InChI is InChI=1S/C17H28N2O.ClH/c1-5-7-16(18)17(20)19(4)15(6-2)12-14-10-8-13(3)9-11-14;/h8-11,15-16H,5-7,12,18H2,1-4H3;1H. The molecule has 4 heteroatoms. The Balaban J connectivity index is 0.00000400. The molecule has 0 bridgehead atoms. The summed E-state index contributed by atoms with van der Waals surface area (Å²) < 4.78 is 0. The molecule has 1 amide bonds. The van der Waals surface area contributed by atoms with Crippen LogP contribution in [0.3, 0.4) is 0 Å². The summed E-state index contributed by atoms with van der Waals surface area (Å²) in [5.41, 5.74) is 8.47. The van der Waals surface area contributed by atoms with Crippen molar-refractivity contribution in [3.8, 4) is 0 Å². The number of rotatable bonds is 7. The first-order chi connectivity index (χ1) is 9.49. The minimum atomic E-state index is -0.364. The van der Waals surface area contributed by atoms with Gasteiger partial charge in [-0.1, -0.05) is 50.1 Å². The molecular formula is C17H29ClN2O. The van der Waals surface area contributed by atoms with Crippen molar-refractivity contribution in [1.29, 1.82) is 0 Å². The van der Waals surface area contributed by atoms with Crippen molar-refractivity contribution in [2.45, 2.75) is 58.5 Å². The van der Waals surface area contributed by atoms with Crippen LogP contribution in [0, 0.1) is 6.92 Å². The van der Waals surface area contributed by atoms with E-state index in [9.17, 15) is 4.79 Å². The molecule has 0 saturated carbocycles. The van der Waals surface area contributed by atoms with E-state index < -0.39 is 0 Å². The second-order valence-electron chi connectivity index (χ2n) is 5.60. The van der Waals surface area contributed by atoms with Crippen LogP contribution >= 0.6 is 12.4 Å². The molecule has 1 aromatic carbocycles. The van der Waals surface area contributed by atoms with Crippen LogP contribution in [0.5, 0.6) is 0 Å². The molecule has 0 aliphatic carbocycles. The summed E-state index contributed by atoms with van der Waals surface area (Å²) in [6.07, 6.45) is 3.52. The van der Waals surface area contributed by atoms with Crippen molar-refractivity contribution in [1.82, 2.24) is 4.90 Å². The average Bonchev–Trinajstić information content (AvgIpc) is 2.45.